The highest BCUT2D eigenvalue weighted by atomic mass is 16.5. The van der Waals surface area contributed by atoms with Crippen LogP contribution in [0, 0.1) is 6.92 Å². The van der Waals surface area contributed by atoms with Gasteiger partial charge in [0, 0.05) is 12.6 Å². The summed E-state index contributed by atoms with van der Waals surface area (Å²) in [6.07, 6.45) is 0.805. The molecule has 29 heavy (non-hydrogen) atoms. The highest BCUT2D eigenvalue weighted by Crippen LogP contribution is 2.18. The molecule has 1 atom stereocenters. The van der Waals surface area contributed by atoms with E-state index >= 15 is 0 Å². The summed E-state index contributed by atoms with van der Waals surface area (Å²) < 4.78 is 5.31. The number of hydrogen-bond donors (Lipinski definition) is 1. The molecule has 0 aromatic heterocycles. The molecule has 1 N–H and O–H groups in total. The maximum atomic E-state index is 13.3. The molecule has 2 aromatic rings. The summed E-state index contributed by atoms with van der Waals surface area (Å²) in [6.45, 7) is 8.14. The van der Waals surface area contributed by atoms with E-state index < -0.39 is 6.04 Å². The third-order valence-corrected chi connectivity index (χ3v) is 4.74. The molecule has 2 aromatic carbocycles. The van der Waals surface area contributed by atoms with Crippen LogP contribution in [0.3, 0.4) is 0 Å². The van der Waals surface area contributed by atoms with Gasteiger partial charge < -0.3 is 15.0 Å². The summed E-state index contributed by atoms with van der Waals surface area (Å²) in [5.41, 5.74) is 2.99. The van der Waals surface area contributed by atoms with Crippen molar-refractivity contribution in [1.29, 1.82) is 0 Å². The molecule has 156 valence electrons. The van der Waals surface area contributed by atoms with E-state index in [0.29, 0.717) is 13.0 Å². The molecular formula is C24H32N2O3. The summed E-state index contributed by atoms with van der Waals surface area (Å²) in [5.74, 6) is 0.542. The van der Waals surface area contributed by atoms with Gasteiger partial charge in [0.2, 0.25) is 11.8 Å². The van der Waals surface area contributed by atoms with Crippen molar-refractivity contribution >= 4 is 11.8 Å². The monoisotopic (exact) mass is 396 g/mol. The second-order valence-corrected chi connectivity index (χ2v) is 7.63. The number of hydrogen-bond acceptors (Lipinski definition) is 3. The Hall–Kier alpha value is -2.82. The second-order valence-electron chi connectivity index (χ2n) is 7.63. The number of rotatable bonds is 9. The number of nitrogens with one attached hydrogen (secondary N) is 1. The minimum absolute atomic E-state index is 0.0158. The lowest BCUT2D eigenvalue weighted by molar-refractivity contribution is -0.141. The average molecular weight is 397 g/mol. The van der Waals surface area contributed by atoms with Crippen LogP contribution in [0.4, 0.5) is 0 Å². The van der Waals surface area contributed by atoms with Gasteiger partial charge in [-0.1, -0.05) is 48.9 Å². The van der Waals surface area contributed by atoms with Gasteiger partial charge in [0.15, 0.2) is 0 Å². The van der Waals surface area contributed by atoms with Crippen molar-refractivity contribution in [3.63, 3.8) is 0 Å². The first-order valence-corrected chi connectivity index (χ1v) is 10.1. The number of methoxy groups -OCH3 is 1. The largest absolute Gasteiger partial charge is 0.497 e. The van der Waals surface area contributed by atoms with Crippen molar-refractivity contribution < 1.29 is 14.3 Å². The summed E-state index contributed by atoms with van der Waals surface area (Å²) in [6, 6.07) is 15.0. The van der Waals surface area contributed by atoms with Gasteiger partial charge in [-0.3, -0.25) is 9.59 Å². The molecule has 0 bridgehead atoms. The minimum Gasteiger partial charge on any atom is -0.497 e. The molecule has 0 aliphatic heterocycles. The van der Waals surface area contributed by atoms with E-state index in [0.717, 1.165) is 22.4 Å². The lowest BCUT2D eigenvalue weighted by Gasteiger charge is -2.31. The van der Waals surface area contributed by atoms with Crippen LogP contribution in [0.25, 0.3) is 0 Å². The average Bonchev–Trinajstić information content (AvgIpc) is 2.67. The molecule has 0 saturated heterocycles. The van der Waals surface area contributed by atoms with Crippen LogP contribution < -0.4 is 10.1 Å². The summed E-state index contributed by atoms with van der Waals surface area (Å²) >= 11 is 0. The fourth-order valence-corrected chi connectivity index (χ4v) is 3.37. The van der Waals surface area contributed by atoms with Gasteiger partial charge in [-0.15, -0.1) is 0 Å². The fraction of sp³-hybridized carbons (Fsp3) is 0.417. The maximum Gasteiger partial charge on any atom is 0.243 e. The molecule has 0 heterocycles. The Morgan fingerprint density at radius 3 is 2.38 bits per heavy atom. The number of benzene rings is 2. The Kier molecular flexibility index (Phi) is 8.25. The number of amides is 2. The van der Waals surface area contributed by atoms with Crippen LogP contribution in [0.5, 0.6) is 5.75 Å². The van der Waals surface area contributed by atoms with Gasteiger partial charge in [0.05, 0.1) is 13.5 Å². The van der Waals surface area contributed by atoms with Crippen molar-refractivity contribution in [2.24, 2.45) is 0 Å². The van der Waals surface area contributed by atoms with Crippen molar-refractivity contribution in [2.75, 3.05) is 7.11 Å². The van der Waals surface area contributed by atoms with Gasteiger partial charge in [-0.25, -0.2) is 0 Å². The zero-order valence-corrected chi connectivity index (χ0v) is 18.1. The third-order valence-electron chi connectivity index (χ3n) is 4.74. The van der Waals surface area contributed by atoms with E-state index in [1.54, 1.807) is 12.0 Å². The number of carbonyl (C=O) groups is 2. The first-order valence-electron chi connectivity index (χ1n) is 10.1. The van der Waals surface area contributed by atoms with E-state index in [4.69, 9.17) is 4.74 Å². The smallest absolute Gasteiger partial charge is 0.243 e. The van der Waals surface area contributed by atoms with Gasteiger partial charge in [0.25, 0.3) is 0 Å². The highest BCUT2D eigenvalue weighted by molar-refractivity contribution is 5.88. The van der Waals surface area contributed by atoms with E-state index in [9.17, 15) is 9.59 Å². The third kappa shape index (κ3) is 6.63. The lowest BCUT2D eigenvalue weighted by atomic mass is 10.0. The van der Waals surface area contributed by atoms with Crippen molar-refractivity contribution in [3.05, 3.63) is 65.2 Å². The maximum absolute atomic E-state index is 13.3. The Labute approximate surface area is 174 Å². The first-order chi connectivity index (χ1) is 13.8. The van der Waals surface area contributed by atoms with Crippen LogP contribution in [0.2, 0.25) is 0 Å². The Bertz CT molecular complexity index is 832. The van der Waals surface area contributed by atoms with E-state index in [-0.39, 0.29) is 24.3 Å². The van der Waals surface area contributed by atoms with Crippen LogP contribution in [0.15, 0.2) is 48.5 Å². The number of nitrogens with zero attached hydrogens (tertiary/aromatic N) is 1. The van der Waals surface area contributed by atoms with Crippen molar-refractivity contribution in [1.82, 2.24) is 10.2 Å². The molecule has 2 rings (SSSR count). The van der Waals surface area contributed by atoms with Crippen LogP contribution in [-0.2, 0) is 22.6 Å². The number of ether oxygens (including phenoxy) is 1. The Balaban J connectivity index is 2.31. The molecule has 0 radical (unpaired) electrons. The van der Waals surface area contributed by atoms with E-state index in [2.05, 4.69) is 5.32 Å². The molecule has 2 amide bonds. The molecule has 5 nitrogen and oxygen atoms in total. The quantitative estimate of drug-likeness (QED) is 0.700. The van der Waals surface area contributed by atoms with E-state index in [1.807, 2.05) is 76.2 Å². The normalized spacial score (nSPS) is 11.8. The lowest BCUT2D eigenvalue weighted by Crippen LogP contribution is -2.50. The predicted octanol–water partition coefficient (Wildman–Crippen LogP) is 3.88. The Morgan fingerprint density at radius 2 is 1.76 bits per heavy atom. The van der Waals surface area contributed by atoms with Crippen LogP contribution in [-0.4, -0.2) is 35.9 Å². The first kappa shape index (κ1) is 22.5. The highest BCUT2D eigenvalue weighted by Gasteiger charge is 2.29. The molecule has 0 spiro atoms. The van der Waals surface area contributed by atoms with E-state index in [1.165, 1.54) is 0 Å². The van der Waals surface area contributed by atoms with Crippen LogP contribution >= 0.6 is 0 Å². The molecule has 1 unspecified atom stereocenters. The molecule has 0 aliphatic carbocycles. The number of carbonyl (C=O) groups excluding carboxylic acids is 2. The zero-order chi connectivity index (χ0) is 21.4. The van der Waals surface area contributed by atoms with Gasteiger partial charge >= 0.3 is 0 Å². The summed E-state index contributed by atoms with van der Waals surface area (Å²) in [4.78, 5) is 27.8. The van der Waals surface area contributed by atoms with Gasteiger partial charge in [0.1, 0.15) is 11.8 Å². The topological polar surface area (TPSA) is 58.6 Å². The fourth-order valence-electron chi connectivity index (χ4n) is 3.37. The number of aryl methyl sites for hydroxylation is 1. The molecule has 5 heteroatoms. The molecule has 0 aliphatic rings. The van der Waals surface area contributed by atoms with Gasteiger partial charge in [-0.05, 0) is 50.5 Å². The SMILES string of the molecule is CCC(C(=O)NC(C)C)N(Cc1cccc(OC)c1)C(=O)Cc1cccc(C)c1. The standard InChI is InChI=1S/C24H32N2O3/c1-6-22(24(28)25-17(2)3)26(16-20-11-8-12-21(14-20)29-5)23(27)15-19-10-7-9-18(4)13-19/h7-14,17,22H,6,15-16H2,1-5H3,(H,25,28). The second kappa shape index (κ2) is 10.6. The summed E-state index contributed by atoms with van der Waals surface area (Å²) in [7, 11) is 1.62. The van der Waals surface area contributed by atoms with Crippen molar-refractivity contribution in [2.45, 2.75) is 59.2 Å². The minimum atomic E-state index is -0.527. The molecule has 0 fully saturated rings. The predicted molar refractivity (Wildman–Crippen MR) is 116 cm³/mol. The summed E-state index contributed by atoms with van der Waals surface area (Å²) in [5, 5.41) is 2.95. The van der Waals surface area contributed by atoms with Crippen LogP contribution in [0.1, 0.15) is 43.9 Å². The molecule has 0 saturated carbocycles. The zero-order valence-electron chi connectivity index (χ0n) is 18.1. The van der Waals surface area contributed by atoms with Gasteiger partial charge in [-0.2, -0.15) is 0 Å². The Morgan fingerprint density at radius 1 is 1.07 bits per heavy atom. The molecular weight excluding hydrogens is 364 g/mol. The van der Waals surface area contributed by atoms with Crippen molar-refractivity contribution in [3.8, 4) is 5.75 Å².